The number of para-hydroxylation sites is 1. The van der Waals surface area contributed by atoms with Crippen molar-refractivity contribution in [2.75, 3.05) is 0 Å². The minimum absolute atomic E-state index is 0. The molecule has 0 fully saturated rings. The number of furan rings is 1. The van der Waals surface area contributed by atoms with E-state index in [1.54, 1.807) is 6.20 Å². The smallest absolute Gasteiger partial charge is 0.121 e. The predicted octanol–water partition coefficient (Wildman–Crippen LogP) is 9.43. The van der Waals surface area contributed by atoms with Crippen LogP contribution in [0.15, 0.2) is 89.7 Å². The molecule has 6 rings (SSSR count). The average molecular weight is 776 g/mol. The van der Waals surface area contributed by atoms with E-state index in [1.807, 2.05) is 48.7 Å². The molecule has 2 aromatic carbocycles. The third-order valence-electron chi connectivity index (χ3n) is 7.52. The number of pyridine rings is 3. The summed E-state index contributed by atoms with van der Waals surface area (Å²) < 4.78 is 6.05. The molecule has 4 aromatic heterocycles. The summed E-state index contributed by atoms with van der Waals surface area (Å²) in [6.07, 6.45) is 9.94. The van der Waals surface area contributed by atoms with Gasteiger partial charge in [0.2, 0.25) is 0 Å². The minimum Gasteiger partial charge on any atom is -0.500 e. The van der Waals surface area contributed by atoms with Crippen LogP contribution in [0.4, 0.5) is 0 Å². The molecule has 1 radical (unpaired) electrons. The third-order valence-corrected chi connectivity index (χ3v) is 9.59. The van der Waals surface area contributed by atoms with Gasteiger partial charge in [-0.05, 0) is 69.8 Å². The van der Waals surface area contributed by atoms with Crippen LogP contribution >= 0.6 is 0 Å². The summed E-state index contributed by atoms with van der Waals surface area (Å²) in [5.41, 5.74) is 8.19. The van der Waals surface area contributed by atoms with Crippen molar-refractivity contribution in [2.45, 2.75) is 66.1 Å². The Morgan fingerprint density at radius 2 is 1.61 bits per heavy atom. The second-order valence-corrected chi connectivity index (χ2v) is 18.7. The van der Waals surface area contributed by atoms with Gasteiger partial charge >= 0.3 is 0 Å². The Morgan fingerprint density at radius 3 is 2.30 bits per heavy atom. The number of aromatic nitrogens is 3. The Kier molecular flexibility index (Phi) is 10.4. The first-order chi connectivity index (χ1) is 20.4. The van der Waals surface area contributed by atoms with Gasteiger partial charge in [0, 0.05) is 37.9 Å². The minimum atomic E-state index is -1.34. The van der Waals surface area contributed by atoms with Gasteiger partial charge in [-0.15, -0.1) is 35.9 Å². The zero-order valence-electron chi connectivity index (χ0n) is 27.0. The Labute approximate surface area is 276 Å². The Balaban J connectivity index is 0.000000199. The maximum Gasteiger partial charge on any atom is 0.121 e. The van der Waals surface area contributed by atoms with Crippen LogP contribution in [0.25, 0.3) is 44.5 Å². The summed E-state index contributed by atoms with van der Waals surface area (Å²) in [6.45, 7) is 18.3. The van der Waals surface area contributed by atoms with E-state index in [4.69, 9.17) is 4.42 Å². The zero-order valence-corrected chi connectivity index (χ0v) is 30.3. The monoisotopic (exact) mass is 776 g/mol. The SMILES string of the molecule is CC(C)(C)c1ccnc(-c2[c-]ncc3c2oc2ccccc23)c1.CC(C)Cc1cc(-c2[c-]cccc2)ncc1[Si](C)(C)C.[Ir]. The largest absolute Gasteiger partial charge is 0.500 e. The second-order valence-electron chi connectivity index (χ2n) is 13.6. The molecule has 6 heteroatoms. The van der Waals surface area contributed by atoms with Crippen LogP contribution in [0.5, 0.6) is 0 Å². The summed E-state index contributed by atoms with van der Waals surface area (Å²) in [7, 11) is -1.34. The maximum atomic E-state index is 6.05. The van der Waals surface area contributed by atoms with E-state index >= 15 is 0 Å². The van der Waals surface area contributed by atoms with Crippen molar-refractivity contribution in [3.8, 4) is 22.5 Å². The van der Waals surface area contributed by atoms with E-state index < -0.39 is 8.07 Å². The van der Waals surface area contributed by atoms with Crippen molar-refractivity contribution in [1.29, 1.82) is 0 Å². The van der Waals surface area contributed by atoms with E-state index in [9.17, 15) is 0 Å². The van der Waals surface area contributed by atoms with Gasteiger partial charge in [-0.3, -0.25) is 0 Å². The predicted molar refractivity (Wildman–Crippen MR) is 182 cm³/mol. The molecular formula is C38H41IrN3OSi-2. The summed E-state index contributed by atoms with van der Waals surface area (Å²) in [5, 5.41) is 3.56. The van der Waals surface area contributed by atoms with Gasteiger partial charge in [0.15, 0.2) is 0 Å². The number of nitrogens with zero attached hydrogens (tertiary/aromatic N) is 3. The quantitative estimate of drug-likeness (QED) is 0.129. The summed E-state index contributed by atoms with van der Waals surface area (Å²) in [4.78, 5) is 13.5. The molecule has 6 aromatic rings. The van der Waals surface area contributed by atoms with Crippen molar-refractivity contribution in [3.63, 3.8) is 0 Å². The molecule has 0 amide bonds. The molecule has 0 bridgehead atoms. The third kappa shape index (κ3) is 7.61. The maximum absolute atomic E-state index is 6.05. The van der Waals surface area contributed by atoms with Gasteiger partial charge in [-0.1, -0.05) is 95.7 Å². The molecule has 0 saturated heterocycles. The second kappa shape index (κ2) is 13.7. The van der Waals surface area contributed by atoms with Crippen LogP contribution in [-0.4, -0.2) is 23.0 Å². The van der Waals surface area contributed by atoms with Crippen molar-refractivity contribution in [3.05, 3.63) is 109 Å². The van der Waals surface area contributed by atoms with Crippen molar-refractivity contribution in [2.24, 2.45) is 5.92 Å². The van der Waals surface area contributed by atoms with Gasteiger partial charge in [0.25, 0.3) is 0 Å². The van der Waals surface area contributed by atoms with E-state index in [0.717, 1.165) is 50.9 Å². The van der Waals surface area contributed by atoms with Crippen molar-refractivity contribution < 1.29 is 24.5 Å². The molecule has 0 aliphatic rings. The fraction of sp³-hybridized carbons (Fsp3) is 0.289. The van der Waals surface area contributed by atoms with Crippen LogP contribution < -0.4 is 5.19 Å². The van der Waals surface area contributed by atoms with Crippen LogP contribution in [0, 0.1) is 18.2 Å². The van der Waals surface area contributed by atoms with Crippen LogP contribution in [0.1, 0.15) is 45.7 Å². The van der Waals surface area contributed by atoms with E-state index in [-0.39, 0.29) is 25.5 Å². The molecule has 0 saturated carbocycles. The molecule has 4 heterocycles. The molecule has 0 atom stereocenters. The standard InChI is InChI=1S/C20H17N2O.C18H24NSi.Ir/c1-20(2,3)13-8-9-22-17(10-13)16-12-21-11-15-14-6-4-5-7-18(14)23-19(15)16;1-14(2)11-16-12-17(15-9-7-6-8-10-15)19-13-18(16)20(3,4)5;/h4-11H,1-3H3;6-9,12-14H,11H2,1-5H3;/q2*-1;. The molecule has 0 unspecified atom stereocenters. The first kappa shape index (κ1) is 33.4. The number of hydrogen-bond donors (Lipinski definition) is 0. The number of rotatable bonds is 5. The van der Waals surface area contributed by atoms with Crippen LogP contribution in [-0.2, 0) is 31.9 Å². The van der Waals surface area contributed by atoms with Gasteiger partial charge < -0.3 is 19.4 Å². The van der Waals surface area contributed by atoms with Gasteiger partial charge in [-0.2, -0.15) is 0 Å². The number of fused-ring (bicyclic) bond motifs is 3. The van der Waals surface area contributed by atoms with Gasteiger partial charge in [-0.25, -0.2) is 0 Å². The molecular weight excluding hydrogens is 735 g/mol. The van der Waals surface area contributed by atoms with Crippen molar-refractivity contribution >= 4 is 35.2 Å². The Bertz CT molecular complexity index is 1850. The molecule has 229 valence electrons. The molecule has 0 aliphatic heterocycles. The van der Waals surface area contributed by atoms with Gasteiger partial charge in [0.1, 0.15) is 5.58 Å². The molecule has 0 N–H and O–H groups in total. The molecule has 44 heavy (non-hydrogen) atoms. The Hall–Kier alpha value is -3.44. The van der Waals surface area contributed by atoms with E-state index in [1.165, 1.54) is 16.3 Å². The van der Waals surface area contributed by atoms with Crippen LogP contribution in [0.2, 0.25) is 19.6 Å². The fourth-order valence-electron chi connectivity index (χ4n) is 5.28. The van der Waals surface area contributed by atoms with Crippen LogP contribution in [0.3, 0.4) is 0 Å². The molecule has 0 spiro atoms. The summed E-state index contributed by atoms with van der Waals surface area (Å²) in [6, 6.07) is 25.8. The first-order valence-electron chi connectivity index (χ1n) is 15.0. The summed E-state index contributed by atoms with van der Waals surface area (Å²) in [5.74, 6) is 0.667. The number of hydrogen-bond acceptors (Lipinski definition) is 4. The normalized spacial score (nSPS) is 11.8. The summed E-state index contributed by atoms with van der Waals surface area (Å²) >= 11 is 0. The van der Waals surface area contributed by atoms with E-state index in [0.29, 0.717) is 5.92 Å². The molecule has 4 nitrogen and oxygen atoms in total. The topological polar surface area (TPSA) is 51.8 Å². The zero-order chi connectivity index (χ0) is 30.8. The van der Waals surface area contributed by atoms with Crippen molar-refractivity contribution in [1.82, 2.24) is 15.0 Å². The average Bonchev–Trinajstić information content (AvgIpc) is 3.36. The number of benzene rings is 2. The molecule has 0 aliphatic carbocycles. The van der Waals surface area contributed by atoms with Gasteiger partial charge in [0.05, 0.1) is 13.7 Å². The first-order valence-corrected chi connectivity index (χ1v) is 18.5. The fourth-order valence-corrected chi connectivity index (χ4v) is 6.87. The van der Waals surface area contributed by atoms with E-state index in [2.05, 4.69) is 112 Å². The Morgan fingerprint density at radius 1 is 0.864 bits per heavy atom.